The average molecular weight is 304 g/mol. The van der Waals surface area contributed by atoms with E-state index in [0.717, 1.165) is 16.3 Å². The van der Waals surface area contributed by atoms with Crippen molar-refractivity contribution in [3.8, 4) is 5.75 Å². The fourth-order valence-electron chi connectivity index (χ4n) is 2.38. The molecule has 2 nitrogen and oxygen atoms in total. The summed E-state index contributed by atoms with van der Waals surface area (Å²) in [6.07, 6.45) is 0.183. The van der Waals surface area contributed by atoms with E-state index < -0.39 is 0 Å². The van der Waals surface area contributed by atoms with Gasteiger partial charge in [-0.25, -0.2) is 0 Å². The molecule has 0 aliphatic carbocycles. The van der Waals surface area contributed by atoms with E-state index in [1.165, 1.54) is 11.1 Å². The topological polar surface area (TPSA) is 21.3 Å². The Morgan fingerprint density at radius 1 is 1.05 bits per heavy atom. The van der Waals surface area contributed by atoms with E-state index in [9.17, 15) is 0 Å². The van der Waals surface area contributed by atoms with Crippen LogP contribution in [-0.2, 0) is 0 Å². The van der Waals surface area contributed by atoms with Crippen LogP contribution in [0.25, 0.3) is 0 Å². The Balaban J connectivity index is 2.28. The van der Waals surface area contributed by atoms with E-state index in [-0.39, 0.29) is 12.1 Å². The van der Waals surface area contributed by atoms with Gasteiger partial charge in [-0.05, 0) is 62.7 Å². The van der Waals surface area contributed by atoms with Crippen molar-refractivity contribution in [2.75, 3.05) is 7.05 Å². The normalized spacial score (nSPS) is 12.5. The third kappa shape index (κ3) is 3.99. The molecule has 1 N–H and O–H groups in total. The maximum atomic E-state index is 6.39. The maximum Gasteiger partial charge on any atom is 0.119 e. The van der Waals surface area contributed by atoms with E-state index in [0.29, 0.717) is 0 Å². The number of ether oxygens (including phenoxy) is 1. The van der Waals surface area contributed by atoms with Gasteiger partial charge in [0.05, 0.1) is 12.1 Å². The lowest BCUT2D eigenvalue weighted by Gasteiger charge is -2.19. The Morgan fingerprint density at radius 3 is 2.24 bits per heavy atom. The Hall–Kier alpha value is -1.51. The van der Waals surface area contributed by atoms with Gasteiger partial charge >= 0.3 is 0 Å². The SMILES string of the molecule is CNC(c1ccc(OC(C)C)cc1)c1ccc(C)cc1Cl. The van der Waals surface area contributed by atoms with Crippen LogP contribution in [0, 0.1) is 6.92 Å². The van der Waals surface area contributed by atoms with Crippen molar-refractivity contribution in [3.05, 3.63) is 64.2 Å². The molecule has 3 heteroatoms. The Kier molecular flexibility index (Phi) is 5.27. The van der Waals surface area contributed by atoms with Crippen LogP contribution in [0.3, 0.4) is 0 Å². The van der Waals surface area contributed by atoms with Gasteiger partial charge in [0.1, 0.15) is 5.75 Å². The molecule has 21 heavy (non-hydrogen) atoms. The van der Waals surface area contributed by atoms with Gasteiger partial charge < -0.3 is 10.1 Å². The summed E-state index contributed by atoms with van der Waals surface area (Å²) < 4.78 is 5.68. The standard InChI is InChI=1S/C18H22ClNO/c1-12(2)21-15-8-6-14(7-9-15)18(20-4)16-10-5-13(3)11-17(16)19/h5-12,18,20H,1-4H3. The zero-order valence-corrected chi connectivity index (χ0v) is 13.7. The van der Waals surface area contributed by atoms with E-state index in [4.69, 9.17) is 16.3 Å². The summed E-state index contributed by atoms with van der Waals surface area (Å²) in [6.45, 7) is 6.09. The van der Waals surface area contributed by atoms with Crippen LogP contribution in [-0.4, -0.2) is 13.2 Å². The highest BCUT2D eigenvalue weighted by Crippen LogP contribution is 2.30. The first-order chi connectivity index (χ1) is 10.0. The number of rotatable bonds is 5. The zero-order chi connectivity index (χ0) is 15.4. The van der Waals surface area contributed by atoms with Crippen LogP contribution in [0.1, 0.15) is 36.6 Å². The van der Waals surface area contributed by atoms with Crippen LogP contribution in [0.15, 0.2) is 42.5 Å². The van der Waals surface area contributed by atoms with Crippen LogP contribution in [0.5, 0.6) is 5.75 Å². The lowest BCUT2D eigenvalue weighted by molar-refractivity contribution is 0.242. The zero-order valence-electron chi connectivity index (χ0n) is 13.0. The van der Waals surface area contributed by atoms with E-state index in [1.807, 2.05) is 46.0 Å². The van der Waals surface area contributed by atoms with Crippen molar-refractivity contribution in [2.24, 2.45) is 0 Å². The molecule has 0 saturated carbocycles. The second-order valence-electron chi connectivity index (χ2n) is 5.48. The molecule has 0 aromatic heterocycles. The molecule has 0 saturated heterocycles. The number of hydrogen-bond acceptors (Lipinski definition) is 2. The summed E-state index contributed by atoms with van der Waals surface area (Å²) >= 11 is 6.39. The lowest BCUT2D eigenvalue weighted by Crippen LogP contribution is -2.18. The highest BCUT2D eigenvalue weighted by atomic mass is 35.5. The number of nitrogens with one attached hydrogen (secondary N) is 1. The highest BCUT2D eigenvalue weighted by molar-refractivity contribution is 6.31. The lowest BCUT2D eigenvalue weighted by atomic mass is 9.98. The minimum Gasteiger partial charge on any atom is -0.491 e. The summed E-state index contributed by atoms with van der Waals surface area (Å²) in [4.78, 5) is 0. The van der Waals surface area contributed by atoms with Crippen molar-refractivity contribution in [2.45, 2.75) is 32.9 Å². The van der Waals surface area contributed by atoms with Crippen molar-refractivity contribution in [3.63, 3.8) is 0 Å². The first-order valence-corrected chi connectivity index (χ1v) is 7.59. The van der Waals surface area contributed by atoms with E-state index >= 15 is 0 Å². The molecule has 1 unspecified atom stereocenters. The molecule has 0 aliphatic rings. The van der Waals surface area contributed by atoms with Crippen molar-refractivity contribution in [1.29, 1.82) is 0 Å². The van der Waals surface area contributed by atoms with Crippen LogP contribution in [0.4, 0.5) is 0 Å². The van der Waals surface area contributed by atoms with Crippen LogP contribution >= 0.6 is 11.6 Å². The van der Waals surface area contributed by atoms with E-state index in [2.05, 4.69) is 29.6 Å². The summed E-state index contributed by atoms with van der Waals surface area (Å²) in [5, 5.41) is 4.12. The first kappa shape index (κ1) is 15.9. The molecule has 2 aromatic carbocycles. The van der Waals surface area contributed by atoms with E-state index in [1.54, 1.807) is 0 Å². The highest BCUT2D eigenvalue weighted by Gasteiger charge is 2.15. The minimum absolute atomic E-state index is 0.0752. The molecule has 0 bridgehead atoms. The Labute approximate surface area is 132 Å². The average Bonchev–Trinajstić information content (AvgIpc) is 2.43. The fourth-order valence-corrected chi connectivity index (χ4v) is 2.72. The van der Waals surface area contributed by atoms with Gasteiger partial charge in [0, 0.05) is 5.02 Å². The smallest absolute Gasteiger partial charge is 0.119 e. The number of hydrogen-bond donors (Lipinski definition) is 1. The van der Waals surface area contributed by atoms with Crippen molar-refractivity contribution < 1.29 is 4.74 Å². The third-order valence-electron chi connectivity index (χ3n) is 3.34. The first-order valence-electron chi connectivity index (χ1n) is 7.21. The van der Waals surface area contributed by atoms with Gasteiger partial charge in [-0.1, -0.05) is 35.9 Å². The fraction of sp³-hybridized carbons (Fsp3) is 0.333. The van der Waals surface area contributed by atoms with Gasteiger partial charge in [0.25, 0.3) is 0 Å². The summed E-state index contributed by atoms with van der Waals surface area (Å²) in [6, 6.07) is 14.4. The van der Waals surface area contributed by atoms with Crippen molar-refractivity contribution in [1.82, 2.24) is 5.32 Å². The number of halogens is 1. The maximum absolute atomic E-state index is 6.39. The summed E-state index contributed by atoms with van der Waals surface area (Å²) in [7, 11) is 1.94. The van der Waals surface area contributed by atoms with Gasteiger partial charge in [-0.2, -0.15) is 0 Å². The molecule has 0 fully saturated rings. The molecule has 0 radical (unpaired) electrons. The quantitative estimate of drug-likeness (QED) is 0.861. The van der Waals surface area contributed by atoms with Crippen molar-refractivity contribution >= 4 is 11.6 Å². The predicted octanol–water partition coefficient (Wildman–Crippen LogP) is 4.74. The summed E-state index contributed by atoms with van der Waals surface area (Å²) in [5.74, 6) is 0.888. The van der Waals surface area contributed by atoms with Gasteiger partial charge in [0.2, 0.25) is 0 Å². The molecule has 1 atom stereocenters. The molecule has 0 heterocycles. The molecule has 112 valence electrons. The molecule has 2 rings (SSSR count). The molecule has 0 amide bonds. The molecule has 2 aromatic rings. The van der Waals surface area contributed by atoms with Gasteiger partial charge in [-0.15, -0.1) is 0 Å². The van der Waals surface area contributed by atoms with Gasteiger partial charge in [-0.3, -0.25) is 0 Å². The molecule has 0 aliphatic heterocycles. The minimum atomic E-state index is 0.0752. The largest absolute Gasteiger partial charge is 0.491 e. The number of aryl methyl sites for hydroxylation is 1. The van der Waals surface area contributed by atoms with Crippen LogP contribution < -0.4 is 10.1 Å². The monoisotopic (exact) mass is 303 g/mol. The number of benzene rings is 2. The molecule has 0 spiro atoms. The molecular weight excluding hydrogens is 282 g/mol. The third-order valence-corrected chi connectivity index (χ3v) is 3.67. The second kappa shape index (κ2) is 6.97. The predicted molar refractivity (Wildman–Crippen MR) is 89.3 cm³/mol. The Bertz CT molecular complexity index is 593. The Morgan fingerprint density at radius 2 is 1.71 bits per heavy atom. The summed E-state index contributed by atoms with van der Waals surface area (Å²) in [5.41, 5.74) is 3.42. The van der Waals surface area contributed by atoms with Crippen LogP contribution in [0.2, 0.25) is 5.02 Å². The second-order valence-corrected chi connectivity index (χ2v) is 5.89. The van der Waals surface area contributed by atoms with Gasteiger partial charge in [0.15, 0.2) is 0 Å². The molecular formula is C18H22ClNO.